The van der Waals surface area contributed by atoms with Crippen LogP contribution in [-0.4, -0.2) is 45.2 Å². The molecule has 1 atom stereocenters. The van der Waals surface area contributed by atoms with Crippen molar-refractivity contribution in [3.05, 3.63) is 0 Å². The first-order valence-electron chi connectivity index (χ1n) is 4.42. The Kier molecular flexibility index (Phi) is 4.88. The lowest BCUT2D eigenvalue weighted by Gasteiger charge is -2.20. The Morgan fingerprint density at radius 3 is 2.00 bits per heavy atom. The van der Waals surface area contributed by atoms with E-state index in [2.05, 4.69) is 4.72 Å². The number of nitrogens with one attached hydrogen (secondary N) is 1. The molecule has 1 N–H and O–H groups in total. The highest BCUT2D eigenvalue weighted by Gasteiger charge is 2.16. The first-order chi connectivity index (χ1) is 5.77. The van der Waals surface area contributed by atoms with E-state index in [1.807, 2.05) is 25.9 Å². The summed E-state index contributed by atoms with van der Waals surface area (Å²) < 4.78 is 25.2. The van der Waals surface area contributed by atoms with Gasteiger partial charge in [-0.3, -0.25) is 0 Å². The van der Waals surface area contributed by atoms with E-state index in [4.69, 9.17) is 0 Å². The lowest BCUT2D eigenvalue weighted by Crippen LogP contribution is -2.40. The molecule has 0 rings (SSSR count). The lowest BCUT2D eigenvalue weighted by atomic mass is 10.3. The fourth-order valence-corrected chi connectivity index (χ4v) is 1.39. The molecular weight excluding hydrogens is 188 g/mol. The molecular formula is C8H20N2O2S. The second-order valence-electron chi connectivity index (χ2n) is 3.75. The summed E-state index contributed by atoms with van der Waals surface area (Å²) in [5, 5.41) is -0.359. The van der Waals surface area contributed by atoms with E-state index in [-0.39, 0.29) is 11.3 Å². The summed E-state index contributed by atoms with van der Waals surface area (Å²) in [6.07, 6.45) is 0. The largest absolute Gasteiger partial charge is 0.305 e. The maximum Gasteiger partial charge on any atom is 0.213 e. The van der Waals surface area contributed by atoms with Crippen molar-refractivity contribution in [1.82, 2.24) is 9.62 Å². The molecule has 0 aliphatic carbocycles. The van der Waals surface area contributed by atoms with Gasteiger partial charge in [0.2, 0.25) is 10.0 Å². The number of hydrogen-bond acceptors (Lipinski definition) is 3. The molecule has 80 valence electrons. The molecule has 0 spiro atoms. The number of rotatable bonds is 5. The van der Waals surface area contributed by atoms with Crippen molar-refractivity contribution in [2.24, 2.45) is 0 Å². The SMILES string of the molecule is CC(CNS(=O)(=O)C(C)C)N(C)C. The minimum absolute atomic E-state index is 0.216. The minimum Gasteiger partial charge on any atom is -0.305 e. The van der Waals surface area contributed by atoms with Gasteiger partial charge < -0.3 is 4.90 Å². The summed E-state index contributed by atoms with van der Waals surface area (Å²) >= 11 is 0. The predicted octanol–water partition coefficient (Wildman–Crippen LogP) is 0.264. The van der Waals surface area contributed by atoms with Crippen LogP contribution in [0.3, 0.4) is 0 Å². The van der Waals surface area contributed by atoms with Gasteiger partial charge in [-0.05, 0) is 34.9 Å². The van der Waals surface area contributed by atoms with Gasteiger partial charge in [0, 0.05) is 12.6 Å². The van der Waals surface area contributed by atoms with E-state index in [0.29, 0.717) is 6.54 Å². The van der Waals surface area contributed by atoms with E-state index in [1.165, 1.54) is 0 Å². The van der Waals surface area contributed by atoms with Crippen molar-refractivity contribution in [3.63, 3.8) is 0 Å². The first-order valence-corrected chi connectivity index (χ1v) is 5.97. The summed E-state index contributed by atoms with van der Waals surface area (Å²) in [5.74, 6) is 0. The van der Waals surface area contributed by atoms with Crippen LogP contribution in [0.1, 0.15) is 20.8 Å². The van der Waals surface area contributed by atoms with E-state index in [1.54, 1.807) is 13.8 Å². The van der Waals surface area contributed by atoms with Crippen LogP contribution in [0.4, 0.5) is 0 Å². The molecule has 0 fully saturated rings. The third-order valence-corrected chi connectivity index (χ3v) is 3.89. The average Bonchev–Trinajstić information content (AvgIpc) is 1.99. The van der Waals surface area contributed by atoms with Crippen molar-refractivity contribution in [1.29, 1.82) is 0 Å². The van der Waals surface area contributed by atoms with Crippen LogP contribution in [-0.2, 0) is 10.0 Å². The standard InChI is InChI=1S/C8H20N2O2S/c1-7(2)13(11,12)9-6-8(3)10(4)5/h7-9H,6H2,1-5H3. The smallest absolute Gasteiger partial charge is 0.213 e. The molecule has 5 heteroatoms. The van der Waals surface area contributed by atoms with Crippen LogP contribution >= 0.6 is 0 Å². The van der Waals surface area contributed by atoms with Crippen molar-refractivity contribution in [2.75, 3.05) is 20.6 Å². The monoisotopic (exact) mass is 208 g/mol. The molecule has 0 saturated carbocycles. The van der Waals surface area contributed by atoms with Gasteiger partial charge in [-0.15, -0.1) is 0 Å². The Morgan fingerprint density at radius 2 is 1.69 bits per heavy atom. The first kappa shape index (κ1) is 12.9. The zero-order chi connectivity index (χ0) is 10.6. The Bertz CT molecular complexity index is 235. The zero-order valence-corrected chi connectivity index (χ0v) is 9.85. The minimum atomic E-state index is -3.10. The molecule has 0 heterocycles. The van der Waals surface area contributed by atoms with E-state index < -0.39 is 10.0 Å². The van der Waals surface area contributed by atoms with Crippen molar-refractivity contribution in [2.45, 2.75) is 32.1 Å². The van der Waals surface area contributed by atoms with Crippen LogP contribution in [0.2, 0.25) is 0 Å². The number of hydrogen-bond donors (Lipinski definition) is 1. The van der Waals surface area contributed by atoms with Gasteiger partial charge in [0.1, 0.15) is 0 Å². The molecule has 0 aromatic heterocycles. The highest BCUT2D eigenvalue weighted by Crippen LogP contribution is 1.97. The van der Waals surface area contributed by atoms with Gasteiger partial charge in [-0.25, -0.2) is 13.1 Å². The van der Waals surface area contributed by atoms with Gasteiger partial charge in [0.25, 0.3) is 0 Å². The van der Waals surface area contributed by atoms with Crippen LogP contribution in [0.5, 0.6) is 0 Å². The summed E-state index contributed by atoms with van der Waals surface area (Å²) in [6.45, 7) is 5.78. The Balaban J connectivity index is 4.04. The number of sulfonamides is 1. The molecule has 0 aliphatic heterocycles. The predicted molar refractivity (Wildman–Crippen MR) is 55.2 cm³/mol. The number of nitrogens with zero attached hydrogens (tertiary/aromatic N) is 1. The van der Waals surface area contributed by atoms with Crippen molar-refractivity contribution in [3.8, 4) is 0 Å². The van der Waals surface area contributed by atoms with Crippen LogP contribution in [0.25, 0.3) is 0 Å². The van der Waals surface area contributed by atoms with Gasteiger partial charge in [0.05, 0.1) is 5.25 Å². The second kappa shape index (κ2) is 4.93. The van der Waals surface area contributed by atoms with E-state index in [9.17, 15) is 8.42 Å². The van der Waals surface area contributed by atoms with Crippen LogP contribution in [0, 0.1) is 0 Å². The molecule has 0 bridgehead atoms. The summed E-state index contributed by atoms with van der Waals surface area (Å²) in [6, 6.07) is 0.216. The maximum atomic E-state index is 11.3. The maximum absolute atomic E-state index is 11.3. The summed E-state index contributed by atoms with van der Waals surface area (Å²) in [4.78, 5) is 1.98. The van der Waals surface area contributed by atoms with E-state index >= 15 is 0 Å². The fraction of sp³-hybridized carbons (Fsp3) is 1.00. The molecule has 1 unspecified atom stereocenters. The van der Waals surface area contributed by atoms with Crippen LogP contribution < -0.4 is 4.72 Å². The lowest BCUT2D eigenvalue weighted by molar-refractivity contribution is 0.313. The normalized spacial score (nSPS) is 15.3. The summed E-state index contributed by atoms with van der Waals surface area (Å²) in [7, 11) is 0.746. The Hall–Kier alpha value is -0.130. The van der Waals surface area contributed by atoms with Crippen molar-refractivity contribution < 1.29 is 8.42 Å². The molecule has 13 heavy (non-hydrogen) atoms. The Morgan fingerprint density at radius 1 is 1.23 bits per heavy atom. The van der Waals surface area contributed by atoms with Gasteiger partial charge in [0.15, 0.2) is 0 Å². The highest BCUT2D eigenvalue weighted by atomic mass is 32.2. The third kappa shape index (κ3) is 4.59. The van der Waals surface area contributed by atoms with Gasteiger partial charge >= 0.3 is 0 Å². The van der Waals surface area contributed by atoms with Crippen molar-refractivity contribution >= 4 is 10.0 Å². The molecule has 0 aromatic rings. The molecule has 0 saturated heterocycles. The quantitative estimate of drug-likeness (QED) is 0.705. The third-order valence-electron chi connectivity index (χ3n) is 2.08. The highest BCUT2D eigenvalue weighted by molar-refractivity contribution is 7.90. The number of likely N-dealkylation sites (N-methyl/N-ethyl adjacent to an activating group) is 1. The van der Waals surface area contributed by atoms with E-state index in [0.717, 1.165) is 0 Å². The summed E-state index contributed by atoms with van der Waals surface area (Å²) in [5.41, 5.74) is 0. The van der Waals surface area contributed by atoms with Crippen LogP contribution in [0.15, 0.2) is 0 Å². The molecule has 4 nitrogen and oxygen atoms in total. The topological polar surface area (TPSA) is 49.4 Å². The second-order valence-corrected chi connectivity index (χ2v) is 6.08. The molecule has 0 amide bonds. The molecule has 0 aliphatic rings. The van der Waals surface area contributed by atoms with Gasteiger partial charge in [-0.1, -0.05) is 0 Å². The zero-order valence-electron chi connectivity index (χ0n) is 9.03. The average molecular weight is 208 g/mol. The molecule has 0 aromatic carbocycles. The molecule has 0 radical (unpaired) electrons. The Labute approximate surface area is 81.4 Å². The fourth-order valence-electron chi connectivity index (χ4n) is 0.586. The van der Waals surface area contributed by atoms with Gasteiger partial charge in [-0.2, -0.15) is 0 Å².